The second kappa shape index (κ2) is 15.5. The van der Waals surface area contributed by atoms with E-state index in [9.17, 15) is 19.8 Å². The highest BCUT2D eigenvalue weighted by atomic mass is 16.5. The third-order valence-electron chi connectivity index (χ3n) is 10.0. The normalized spacial score (nSPS) is 11.1. The first-order valence-electron chi connectivity index (χ1n) is 18.7. The fourth-order valence-electron chi connectivity index (χ4n) is 6.86. The fourth-order valence-corrected chi connectivity index (χ4v) is 6.86. The Labute approximate surface area is 342 Å². The number of carbonyl (C=O) groups excluding carboxylic acids is 2. The van der Waals surface area contributed by atoms with Crippen LogP contribution in [0.5, 0.6) is 11.5 Å². The molecule has 0 saturated carbocycles. The minimum atomic E-state index is -0.420. The molecule has 2 N–H and O–H groups in total. The van der Waals surface area contributed by atoms with Gasteiger partial charge in [-0.1, -0.05) is 84.9 Å². The van der Waals surface area contributed by atoms with E-state index < -0.39 is 11.9 Å². The van der Waals surface area contributed by atoms with Crippen molar-refractivity contribution < 1.29 is 29.3 Å². The molecule has 290 valence electrons. The van der Waals surface area contributed by atoms with Gasteiger partial charge < -0.3 is 19.7 Å². The molecular formula is C48H32N6O6. The number of aromatic hydroxyl groups is 2. The lowest BCUT2D eigenvalue weighted by atomic mass is 10.0. The Hall–Kier alpha value is -8.38. The van der Waals surface area contributed by atoms with Crippen LogP contribution in [0.1, 0.15) is 20.7 Å². The summed E-state index contributed by atoms with van der Waals surface area (Å²) in [5, 5.41) is 25.0. The number of nitrogens with zero attached hydrogens (tertiary/aromatic N) is 6. The van der Waals surface area contributed by atoms with E-state index in [-0.39, 0.29) is 23.1 Å². The highest BCUT2D eigenvalue weighted by molar-refractivity contribution is 5.97. The van der Waals surface area contributed by atoms with Crippen molar-refractivity contribution in [1.82, 2.24) is 29.9 Å². The lowest BCUT2D eigenvalue weighted by molar-refractivity contribution is 0.0592. The van der Waals surface area contributed by atoms with E-state index in [1.807, 2.05) is 72.8 Å². The van der Waals surface area contributed by atoms with Crippen LogP contribution in [-0.2, 0) is 9.47 Å². The van der Waals surface area contributed by atoms with Crippen LogP contribution in [0.3, 0.4) is 0 Å². The van der Waals surface area contributed by atoms with E-state index in [2.05, 4.69) is 0 Å². The van der Waals surface area contributed by atoms with Gasteiger partial charge in [-0.3, -0.25) is 0 Å². The highest BCUT2D eigenvalue weighted by Gasteiger charge is 2.18. The molecule has 0 saturated heterocycles. The topological polar surface area (TPSA) is 170 Å². The fraction of sp³-hybridized carbons (Fsp3) is 0.0417. The van der Waals surface area contributed by atoms with Crippen molar-refractivity contribution in [3.63, 3.8) is 0 Å². The summed E-state index contributed by atoms with van der Waals surface area (Å²) in [5.74, 6) is 1.26. The lowest BCUT2D eigenvalue weighted by Gasteiger charge is -2.11. The van der Waals surface area contributed by atoms with Crippen LogP contribution < -0.4 is 0 Å². The second-order valence-electron chi connectivity index (χ2n) is 13.8. The van der Waals surface area contributed by atoms with E-state index >= 15 is 0 Å². The number of benzene rings is 7. The highest BCUT2D eigenvalue weighted by Crippen LogP contribution is 2.34. The maximum absolute atomic E-state index is 12.2. The molecule has 0 aliphatic heterocycles. The molecule has 0 unspecified atom stereocenters. The van der Waals surface area contributed by atoms with Gasteiger partial charge in [0.2, 0.25) is 0 Å². The second-order valence-corrected chi connectivity index (χ2v) is 13.8. The average molecular weight is 789 g/mol. The molecule has 0 radical (unpaired) electrons. The Morgan fingerprint density at radius 2 is 0.700 bits per heavy atom. The van der Waals surface area contributed by atoms with Crippen molar-refractivity contribution >= 4 is 33.5 Å². The number of aromatic nitrogens is 6. The van der Waals surface area contributed by atoms with Gasteiger partial charge in [-0.25, -0.2) is 39.5 Å². The lowest BCUT2D eigenvalue weighted by Crippen LogP contribution is -2.02. The van der Waals surface area contributed by atoms with Crippen LogP contribution in [0.4, 0.5) is 0 Å². The zero-order valence-corrected chi connectivity index (χ0v) is 32.1. The maximum Gasteiger partial charge on any atom is 0.337 e. The summed E-state index contributed by atoms with van der Waals surface area (Å²) in [5.41, 5.74) is 4.51. The number of fused-ring (bicyclic) bond motifs is 2. The van der Waals surface area contributed by atoms with E-state index in [1.54, 1.807) is 72.8 Å². The number of para-hydroxylation sites is 2. The van der Waals surface area contributed by atoms with Gasteiger partial charge in [0.25, 0.3) is 0 Å². The molecule has 9 aromatic rings. The zero-order valence-electron chi connectivity index (χ0n) is 32.1. The van der Waals surface area contributed by atoms with Gasteiger partial charge in [0.05, 0.1) is 36.5 Å². The van der Waals surface area contributed by atoms with Crippen LogP contribution in [0.15, 0.2) is 146 Å². The van der Waals surface area contributed by atoms with Crippen LogP contribution in [0, 0.1) is 0 Å². The first-order valence-corrected chi connectivity index (χ1v) is 18.7. The number of hydrogen-bond donors (Lipinski definition) is 2. The van der Waals surface area contributed by atoms with Gasteiger partial charge in [-0.2, -0.15) is 0 Å². The van der Waals surface area contributed by atoms with Crippen LogP contribution in [0.2, 0.25) is 0 Å². The van der Waals surface area contributed by atoms with Crippen molar-refractivity contribution in [3.8, 4) is 79.8 Å². The van der Waals surface area contributed by atoms with E-state index in [4.69, 9.17) is 39.4 Å². The minimum absolute atomic E-state index is 0.0213. The van der Waals surface area contributed by atoms with E-state index in [0.717, 1.165) is 21.5 Å². The summed E-state index contributed by atoms with van der Waals surface area (Å²) in [4.78, 5) is 53.2. The van der Waals surface area contributed by atoms with Gasteiger partial charge in [0.1, 0.15) is 11.5 Å². The van der Waals surface area contributed by atoms with Gasteiger partial charge in [0, 0.05) is 22.3 Å². The molecule has 0 fully saturated rings. The molecule has 0 amide bonds. The van der Waals surface area contributed by atoms with Gasteiger partial charge in [0.15, 0.2) is 34.9 Å². The van der Waals surface area contributed by atoms with Crippen LogP contribution in [-0.4, -0.2) is 66.3 Å². The van der Waals surface area contributed by atoms with Crippen molar-refractivity contribution in [2.24, 2.45) is 0 Å². The molecule has 0 atom stereocenters. The average Bonchev–Trinajstić information content (AvgIpc) is 3.30. The van der Waals surface area contributed by atoms with E-state index in [0.29, 0.717) is 67.8 Å². The number of carbonyl (C=O) groups is 2. The first-order chi connectivity index (χ1) is 29.2. The van der Waals surface area contributed by atoms with Crippen molar-refractivity contribution in [2.75, 3.05) is 14.2 Å². The Balaban J connectivity index is 1.12. The van der Waals surface area contributed by atoms with Crippen molar-refractivity contribution in [1.29, 1.82) is 0 Å². The number of methoxy groups -OCH3 is 2. The van der Waals surface area contributed by atoms with Crippen molar-refractivity contribution in [3.05, 3.63) is 157 Å². The predicted octanol–water partition coefficient (Wildman–Crippen LogP) is 9.35. The van der Waals surface area contributed by atoms with Gasteiger partial charge in [-0.15, -0.1) is 0 Å². The smallest absolute Gasteiger partial charge is 0.337 e. The Kier molecular flexibility index (Phi) is 9.62. The molecule has 0 aliphatic carbocycles. The number of hydrogen-bond acceptors (Lipinski definition) is 12. The maximum atomic E-state index is 12.2. The molecule has 9 rings (SSSR count). The molecule has 2 heterocycles. The van der Waals surface area contributed by atoms with E-state index in [1.165, 1.54) is 14.2 Å². The molecule has 60 heavy (non-hydrogen) atoms. The molecule has 12 heteroatoms. The summed E-state index contributed by atoms with van der Waals surface area (Å²) in [6.07, 6.45) is 0. The first kappa shape index (κ1) is 37.2. The Morgan fingerprint density at radius 3 is 1.08 bits per heavy atom. The number of esters is 2. The Morgan fingerprint density at radius 1 is 0.383 bits per heavy atom. The summed E-state index contributed by atoms with van der Waals surface area (Å²) >= 11 is 0. The van der Waals surface area contributed by atoms with Gasteiger partial charge in [-0.05, 0) is 82.2 Å². The third-order valence-corrected chi connectivity index (χ3v) is 10.0. The van der Waals surface area contributed by atoms with Gasteiger partial charge >= 0.3 is 11.9 Å². The predicted molar refractivity (Wildman–Crippen MR) is 227 cm³/mol. The number of rotatable bonds is 8. The molecule has 12 nitrogen and oxygen atoms in total. The number of ether oxygens (including phenoxy) is 2. The summed E-state index contributed by atoms with van der Waals surface area (Å²) < 4.78 is 9.78. The summed E-state index contributed by atoms with van der Waals surface area (Å²) in [7, 11) is 2.69. The monoisotopic (exact) mass is 788 g/mol. The number of phenolic OH excluding ortho intramolecular Hbond substituents is 2. The largest absolute Gasteiger partial charge is 0.507 e. The molecule has 7 aromatic carbocycles. The zero-order chi connectivity index (χ0) is 41.3. The van der Waals surface area contributed by atoms with Crippen LogP contribution in [0.25, 0.3) is 89.9 Å². The SMILES string of the molecule is COC(=O)c1ccc2cc(-c3nc(-c4ccc(-c5nc(-c6ccc7cc(C(=O)OC)ccc7c6)nc(-c6ccccc6O)n5)cc4)nc(-c4ccccc4O)n3)ccc2c1. The third kappa shape index (κ3) is 7.20. The minimum Gasteiger partial charge on any atom is -0.507 e. The standard InChI is InChI=1S/C48H32N6O6/c1-59-47(57)35-21-17-29-23-33(19-15-31(29)25-35)43-49-41(51-45(53-43)37-7-3-5-9-39(37)55)27-11-13-28(14-12-27)42-50-44(54-46(52-42)38-8-4-6-10-40(38)56)34-20-16-32-26-36(48(58)60-2)22-18-30(32)24-34/h3-26,55-56H,1-2H3. The number of phenols is 2. The molecule has 0 bridgehead atoms. The Bertz CT molecular complexity index is 2940. The molecular weight excluding hydrogens is 757 g/mol. The van der Waals surface area contributed by atoms with Crippen LogP contribution >= 0.6 is 0 Å². The quantitative estimate of drug-likeness (QED) is 0.140. The van der Waals surface area contributed by atoms with Crippen molar-refractivity contribution in [2.45, 2.75) is 0 Å². The molecule has 2 aromatic heterocycles. The molecule has 0 aliphatic rings. The molecule has 0 spiro atoms. The summed E-state index contributed by atoms with van der Waals surface area (Å²) in [6.45, 7) is 0. The summed E-state index contributed by atoms with van der Waals surface area (Å²) in [6, 6.07) is 43.1.